The lowest BCUT2D eigenvalue weighted by Gasteiger charge is -2.17. The van der Waals surface area contributed by atoms with Crippen LogP contribution in [0, 0.1) is 0 Å². The van der Waals surface area contributed by atoms with E-state index in [2.05, 4.69) is 0 Å². The van der Waals surface area contributed by atoms with Crippen molar-refractivity contribution >= 4 is 27.0 Å². The number of methoxy groups -OCH3 is 1. The molecule has 2 aromatic rings. The van der Waals surface area contributed by atoms with Crippen LogP contribution in [0.3, 0.4) is 0 Å². The van der Waals surface area contributed by atoms with Gasteiger partial charge in [-0.2, -0.15) is 15.6 Å². The Morgan fingerprint density at radius 2 is 2.10 bits per heavy atom. The lowest BCUT2D eigenvalue weighted by molar-refractivity contribution is 0.416. The van der Waals surface area contributed by atoms with Gasteiger partial charge in [0, 0.05) is 13.6 Å². The Labute approximate surface area is 122 Å². The molecule has 0 radical (unpaired) electrons. The Kier molecular flexibility index (Phi) is 4.32. The first-order chi connectivity index (χ1) is 9.45. The smallest absolute Gasteiger partial charge is 0.243 e. The second-order valence-corrected chi connectivity index (χ2v) is 7.12. The first kappa shape index (κ1) is 14.8. The van der Waals surface area contributed by atoms with Gasteiger partial charge in [-0.3, -0.25) is 0 Å². The van der Waals surface area contributed by atoms with Crippen LogP contribution in [0.1, 0.15) is 5.56 Å². The number of thiophene rings is 1. The Hall–Kier alpha value is -1.57. The van der Waals surface area contributed by atoms with Gasteiger partial charge in [-0.1, -0.05) is 0 Å². The highest BCUT2D eigenvalue weighted by molar-refractivity contribution is 7.89. The van der Waals surface area contributed by atoms with Gasteiger partial charge in [0.25, 0.3) is 0 Å². The van der Waals surface area contributed by atoms with Gasteiger partial charge in [-0.25, -0.2) is 8.42 Å². The predicted octanol–water partition coefficient (Wildman–Crippen LogP) is 2.16. The highest BCUT2D eigenvalue weighted by atomic mass is 32.2. The van der Waals surface area contributed by atoms with Gasteiger partial charge in [0.2, 0.25) is 10.0 Å². The fourth-order valence-corrected chi connectivity index (χ4v) is 3.63. The van der Waals surface area contributed by atoms with Gasteiger partial charge < -0.3 is 10.5 Å². The van der Waals surface area contributed by atoms with Crippen LogP contribution in [-0.4, -0.2) is 26.9 Å². The van der Waals surface area contributed by atoms with E-state index in [-0.39, 0.29) is 4.90 Å². The van der Waals surface area contributed by atoms with Crippen LogP contribution >= 0.6 is 11.3 Å². The molecule has 2 rings (SSSR count). The summed E-state index contributed by atoms with van der Waals surface area (Å²) in [6, 6.07) is 6.37. The molecule has 7 heteroatoms. The number of rotatable bonds is 5. The van der Waals surface area contributed by atoms with Crippen LogP contribution in [0.2, 0.25) is 0 Å². The van der Waals surface area contributed by atoms with E-state index in [0.717, 1.165) is 5.56 Å². The summed E-state index contributed by atoms with van der Waals surface area (Å²) in [5, 5.41) is 3.84. The van der Waals surface area contributed by atoms with Crippen molar-refractivity contribution in [2.75, 3.05) is 19.9 Å². The van der Waals surface area contributed by atoms with Gasteiger partial charge in [-0.15, -0.1) is 0 Å². The van der Waals surface area contributed by atoms with Crippen molar-refractivity contribution in [3.05, 3.63) is 40.6 Å². The van der Waals surface area contributed by atoms with Crippen LogP contribution in [0.15, 0.2) is 39.9 Å². The molecule has 2 N–H and O–H groups in total. The molecule has 1 heterocycles. The van der Waals surface area contributed by atoms with E-state index in [1.165, 1.54) is 34.9 Å². The van der Waals surface area contributed by atoms with Crippen LogP contribution in [0.5, 0.6) is 5.75 Å². The van der Waals surface area contributed by atoms with E-state index in [1.807, 2.05) is 16.8 Å². The van der Waals surface area contributed by atoms with Crippen molar-refractivity contribution in [2.24, 2.45) is 0 Å². The summed E-state index contributed by atoms with van der Waals surface area (Å²) in [5.74, 6) is 0.462. The van der Waals surface area contributed by atoms with Crippen LogP contribution in [0.25, 0.3) is 0 Å². The number of benzene rings is 1. The summed E-state index contributed by atoms with van der Waals surface area (Å²) in [6.45, 7) is 0.331. The van der Waals surface area contributed by atoms with E-state index in [4.69, 9.17) is 10.5 Å². The molecule has 20 heavy (non-hydrogen) atoms. The topological polar surface area (TPSA) is 72.6 Å². The largest absolute Gasteiger partial charge is 0.495 e. The molecule has 5 nitrogen and oxygen atoms in total. The zero-order valence-corrected chi connectivity index (χ0v) is 12.9. The van der Waals surface area contributed by atoms with Crippen molar-refractivity contribution in [2.45, 2.75) is 11.4 Å². The highest BCUT2D eigenvalue weighted by Crippen LogP contribution is 2.26. The Balaban J connectivity index is 2.27. The molecule has 0 aliphatic heterocycles. The Morgan fingerprint density at radius 1 is 1.35 bits per heavy atom. The molecule has 0 bridgehead atoms. The fraction of sp³-hybridized carbons (Fsp3) is 0.231. The molecule has 0 saturated carbocycles. The molecule has 1 aromatic carbocycles. The number of nitrogens with zero attached hydrogens (tertiary/aromatic N) is 1. The van der Waals surface area contributed by atoms with Gasteiger partial charge in [0.1, 0.15) is 5.75 Å². The molecule has 1 aromatic heterocycles. The third-order valence-corrected chi connectivity index (χ3v) is 5.43. The maximum Gasteiger partial charge on any atom is 0.243 e. The molecular weight excluding hydrogens is 296 g/mol. The summed E-state index contributed by atoms with van der Waals surface area (Å²) < 4.78 is 31.2. The molecule has 0 amide bonds. The molecule has 0 aliphatic rings. The maximum atomic E-state index is 12.4. The number of anilines is 1. The molecule has 0 saturated heterocycles. The first-order valence-corrected chi connectivity index (χ1v) is 8.24. The minimum Gasteiger partial charge on any atom is -0.495 e. The number of ether oxygens (including phenoxy) is 1. The standard InChI is InChI=1S/C13H16N2O3S2/c1-15(8-10-5-6-19-9-10)20(16,17)11-3-4-13(18-2)12(14)7-11/h3-7,9H,8,14H2,1-2H3. The van der Waals surface area contributed by atoms with Crippen LogP contribution < -0.4 is 10.5 Å². The molecular formula is C13H16N2O3S2. The number of nitrogen functional groups attached to an aromatic ring is 1. The molecule has 108 valence electrons. The number of sulfonamides is 1. The normalized spacial score (nSPS) is 11.8. The lowest BCUT2D eigenvalue weighted by atomic mass is 10.3. The summed E-state index contributed by atoms with van der Waals surface area (Å²) in [7, 11) is -0.522. The number of hydrogen-bond acceptors (Lipinski definition) is 5. The van der Waals surface area contributed by atoms with Crippen molar-refractivity contribution in [3.63, 3.8) is 0 Å². The Bertz CT molecular complexity index is 682. The van der Waals surface area contributed by atoms with E-state index in [9.17, 15) is 8.42 Å². The van der Waals surface area contributed by atoms with Gasteiger partial charge in [0.05, 0.1) is 17.7 Å². The first-order valence-electron chi connectivity index (χ1n) is 5.86. The monoisotopic (exact) mass is 312 g/mol. The Morgan fingerprint density at radius 3 is 2.65 bits per heavy atom. The average molecular weight is 312 g/mol. The van der Waals surface area contributed by atoms with Crippen molar-refractivity contribution < 1.29 is 13.2 Å². The summed E-state index contributed by atoms with van der Waals surface area (Å²) >= 11 is 1.54. The second kappa shape index (κ2) is 5.82. The zero-order valence-electron chi connectivity index (χ0n) is 11.2. The van der Waals surface area contributed by atoms with E-state index >= 15 is 0 Å². The molecule has 0 aliphatic carbocycles. The zero-order chi connectivity index (χ0) is 14.8. The van der Waals surface area contributed by atoms with Crippen LogP contribution in [-0.2, 0) is 16.6 Å². The van der Waals surface area contributed by atoms with Gasteiger partial charge in [-0.05, 0) is 40.6 Å². The molecule has 0 fully saturated rings. The quantitative estimate of drug-likeness (QED) is 0.859. The van der Waals surface area contributed by atoms with Gasteiger partial charge >= 0.3 is 0 Å². The average Bonchev–Trinajstić information content (AvgIpc) is 2.91. The minimum absolute atomic E-state index is 0.161. The maximum absolute atomic E-state index is 12.4. The number of nitrogens with two attached hydrogens (primary N) is 1. The highest BCUT2D eigenvalue weighted by Gasteiger charge is 2.22. The second-order valence-electron chi connectivity index (χ2n) is 4.30. The third kappa shape index (κ3) is 2.95. The molecule has 0 unspecified atom stereocenters. The van der Waals surface area contributed by atoms with E-state index in [0.29, 0.717) is 18.0 Å². The van der Waals surface area contributed by atoms with Crippen molar-refractivity contribution in [1.29, 1.82) is 0 Å². The fourth-order valence-electron chi connectivity index (χ4n) is 1.78. The third-order valence-electron chi connectivity index (χ3n) is 2.89. The molecule has 0 atom stereocenters. The summed E-state index contributed by atoms with van der Waals surface area (Å²) in [4.78, 5) is 0.161. The van der Waals surface area contributed by atoms with Gasteiger partial charge in [0.15, 0.2) is 0 Å². The van der Waals surface area contributed by atoms with Crippen LogP contribution in [0.4, 0.5) is 5.69 Å². The predicted molar refractivity (Wildman–Crippen MR) is 80.4 cm³/mol. The van der Waals surface area contributed by atoms with Crippen molar-refractivity contribution in [3.8, 4) is 5.75 Å². The minimum atomic E-state index is -3.56. The van der Waals surface area contributed by atoms with E-state index in [1.54, 1.807) is 13.1 Å². The number of hydrogen-bond donors (Lipinski definition) is 1. The SMILES string of the molecule is COc1ccc(S(=O)(=O)N(C)Cc2ccsc2)cc1N. The summed E-state index contributed by atoms with van der Waals surface area (Å²) in [5.41, 5.74) is 7.02. The van der Waals surface area contributed by atoms with E-state index < -0.39 is 10.0 Å². The summed E-state index contributed by atoms with van der Waals surface area (Å²) in [6.07, 6.45) is 0. The molecule has 0 spiro atoms. The van der Waals surface area contributed by atoms with Crippen molar-refractivity contribution in [1.82, 2.24) is 4.31 Å². The lowest BCUT2D eigenvalue weighted by Crippen LogP contribution is -2.26.